The molecule has 0 amide bonds. The molecule has 0 N–H and O–H groups in total. The average molecular weight is 326 g/mol. The molecule has 0 aliphatic carbocycles. The van der Waals surface area contributed by atoms with E-state index in [-0.39, 0.29) is 0 Å². The lowest BCUT2D eigenvalue weighted by atomic mass is 9.98. The molecule has 0 bridgehead atoms. The van der Waals surface area contributed by atoms with Crippen LogP contribution in [0.25, 0.3) is 11.1 Å². The van der Waals surface area contributed by atoms with Crippen LogP contribution in [0, 0.1) is 0 Å². The maximum absolute atomic E-state index is 5.95. The number of hydrogen-bond acceptors (Lipinski definition) is 6. The Labute approximate surface area is 140 Å². The largest absolute Gasteiger partial charge is 0.440 e. The Morgan fingerprint density at radius 2 is 2.17 bits per heavy atom. The van der Waals surface area contributed by atoms with E-state index < -0.39 is 0 Å². The van der Waals surface area contributed by atoms with E-state index in [9.17, 15) is 0 Å². The molecule has 0 saturated carbocycles. The second kappa shape index (κ2) is 6.73. The van der Waals surface area contributed by atoms with Gasteiger partial charge in [0.1, 0.15) is 5.52 Å². The fraction of sp³-hybridized carbons (Fsp3) is 0.500. The first-order chi connectivity index (χ1) is 11.8. The van der Waals surface area contributed by atoms with Crippen LogP contribution in [0.15, 0.2) is 33.2 Å². The lowest BCUT2D eigenvalue weighted by molar-refractivity contribution is 0.167. The van der Waals surface area contributed by atoms with Gasteiger partial charge in [0.25, 0.3) is 0 Å². The van der Waals surface area contributed by atoms with Gasteiger partial charge in [-0.3, -0.25) is 4.90 Å². The van der Waals surface area contributed by atoms with Crippen molar-refractivity contribution in [1.29, 1.82) is 0 Å². The van der Waals surface area contributed by atoms with E-state index >= 15 is 0 Å². The quantitative estimate of drug-likeness (QED) is 0.714. The third kappa shape index (κ3) is 3.19. The summed E-state index contributed by atoms with van der Waals surface area (Å²) in [6, 6.07) is 7.94. The lowest BCUT2D eigenvalue weighted by Gasteiger charge is -2.29. The fourth-order valence-electron chi connectivity index (χ4n) is 3.34. The molecule has 1 atom stereocenters. The van der Waals surface area contributed by atoms with Crippen molar-refractivity contribution < 1.29 is 8.94 Å². The summed E-state index contributed by atoms with van der Waals surface area (Å²) in [5.74, 6) is 2.68. The molecule has 1 fully saturated rings. The first kappa shape index (κ1) is 15.3. The van der Waals surface area contributed by atoms with Gasteiger partial charge in [-0.2, -0.15) is 4.98 Å². The molecule has 2 aromatic heterocycles. The number of likely N-dealkylation sites (tertiary alicyclic amines) is 1. The first-order valence-electron chi connectivity index (χ1n) is 8.71. The molecular formula is C18H22N4O2. The van der Waals surface area contributed by atoms with Gasteiger partial charge in [0.15, 0.2) is 17.3 Å². The minimum Gasteiger partial charge on any atom is -0.440 e. The highest BCUT2D eigenvalue weighted by molar-refractivity contribution is 5.72. The molecule has 4 rings (SSSR count). The number of benzene rings is 1. The van der Waals surface area contributed by atoms with Crippen LogP contribution in [-0.4, -0.2) is 33.1 Å². The van der Waals surface area contributed by atoms with Crippen molar-refractivity contribution >= 4 is 11.1 Å². The molecule has 0 radical (unpaired) electrons. The monoisotopic (exact) mass is 326 g/mol. The second-order valence-corrected chi connectivity index (χ2v) is 6.45. The highest BCUT2D eigenvalue weighted by Crippen LogP contribution is 2.29. The van der Waals surface area contributed by atoms with E-state index in [1.807, 2.05) is 24.3 Å². The summed E-state index contributed by atoms with van der Waals surface area (Å²) in [5, 5.41) is 4.03. The van der Waals surface area contributed by atoms with Crippen LogP contribution in [0.2, 0.25) is 0 Å². The molecule has 3 aromatic rings. The minimum absolute atomic E-state index is 0.323. The van der Waals surface area contributed by atoms with Gasteiger partial charge in [0.05, 0.1) is 6.54 Å². The zero-order valence-electron chi connectivity index (χ0n) is 13.9. The molecule has 6 nitrogen and oxygen atoms in total. The van der Waals surface area contributed by atoms with Gasteiger partial charge in [-0.1, -0.05) is 24.2 Å². The van der Waals surface area contributed by atoms with Gasteiger partial charge >= 0.3 is 0 Å². The van der Waals surface area contributed by atoms with E-state index in [0.717, 1.165) is 61.6 Å². The standard InChI is InChI=1S/C18H22N4O2/c1-2-6-16-20-17(24-21-16)12-22-10-5-7-13(11-22)18-19-14-8-3-4-9-15(14)23-18/h3-4,8-9,13H,2,5-7,10-12H2,1H3. The average Bonchev–Trinajstić information content (AvgIpc) is 3.22. The smallest absolute Gasteiger partial charge is 0.240 e. The van der Waals surface area contributed by atoms with E-state index in [4.69, 9.17) is 8.94 Å². The van der Waals surface area contributed by atoms with Crippen molar-refractivity contribution in [3.63, 3.8) is 0 Å². The van der Waals surface area contributed by atoms with E-state index in [1.165, 1.54) is 0 Å². The van der Waals surface area contributed by atoms with Crippen LogP contribution in [0.4, 0.5) is 0 Å². The van der Waals surface area contributed by atoms with Crippen LogP contribution >= 0.6 is 0 Å². The predicted octanol–water partition coefficient (Wildman–Crippen LogP) is 3.54. The van der Waals surface area contributed by atoms with Crippen LogP contribution < -0.4 is 0 Å². The maximum atomic E-state index is 5.95. The predicted molar refractivity (Wildman–Crippen MR) is 89.6 cm³/mol. The minimum atomic E-state index is 0.323. The Hall–Kier alpha value is -2.21. The number of para-hydroxylation sites is 2. The van der Waals surface area contributed by atoms with Crippen LogP contribution in [0.3, 0.4) is 0 Å². The Morgan fingerprint density at radius 3 is 3.04 bits per heavy atom. The van der Waals surface area contributed by atoms with Crippen molar-refractivity contribution in [2.24, 2.45) is 0 Å². The van der Waals surface area contributed by atoms with Crippen LogP contribution in [-0.2, 0) is 13.0 Å². The Balaban J connectivity index is 1.44. The zero-order valence-corrected chi connectivity index (χ0v) is 13.9. The van der Waals surface area contributed by atoms with Gasteiger partial charge in [-0.25, -0.2) is 4.98 Å². The number of aromatic nitrogens is 3. The number of fused-ring (bicyclic) bond motifs is 1. The van der Waals surface area contributed by atoms with Crippen molar-refractivity contribution in [2.45, 2.75) is 45.1 Å². The third-order valence-corrected chi connectivity index (χ3v) is 4.51. The number of piperidine rings is 1. The van der Waals surface area contributed by atoms with E-state index in [0.29, 0.717) is 18.4 Å². The van der Waals surface area contributed by atoms with Crippen molar-refractivity contribution in [2.75, 3.05) is 13.1 Å². The zero-order chi connectivity index (χ0) is 16.4. The summed E-state index contributed by atoms with van der Waals surface area (Å²) in [4.78, 5) is 11.5. The van der Waals surface area contributed by atoms with Crippen LogP contribution in [0.1, 0.15) is 49.7 Å². The molecule has 24 heavy (non-hydrogen) atoms. The van der Waals surface area contributed by atoms with Gasteiger partial charge in [-0.15, -0.1) is 0 Å². The summed E-state index contributed by atoms with van der Waals surface area (Å²) in [6.07, 6.45) is 4.13. The maximum Gasteiger partial charge on any atom is 0.240 e. The van der Waals surface area contributed by atoms with E-state index in [1.54, 1.807) is 0 Å². The van der Waals surface area contributed by atoms with Gasteiger partial charge < -0.3 is 8.94 Å². The Bertz CT molecular complexity index is 777. The molecule has 6 heteroatoms. The molecule has 1 unspecified atom stereocenters. The highest BCUT2D eigenvalue weighted by Gasteiger charge is 2.26. The first-order valence-corrected chi connectivity index (χ1v) is 8.71. The molecule has 1 aromatic carbocycles. The molecule has 3 heterocycles. The Morgan fingerprint density at radius 1 is 1.25 bits per heavy atom. The molecular weight excluding hydrogens is 304 g/mol. The fourth-order valence-corrected chi connectivity index (χ4v) is 3.34. The normalized spacial score (nSPS) is 19.1. The van der Waals surface area contributed by atoms with Gasteiger partial charge in [-0.05, 0) is 37.9 Å². The molecule has 1 saturated heterocycles. The molecule has 1 aliphatic heterocycles. The third-order valence-electron chi connectivity index (χ3n) is 4.51. The number of rotatable bonds is 5. The molecule has 1 aliphatic rings. The van der Waals surface area contributed by atoms with E-state index in [2.05, 4.69) is 26.9 Å². The summed E-state index contributed by atoms with van der Waals surface area (Å²) >= 11 is 0. The summed E-state index contributed by atoms with van der Waals surface area (Å²) in [6.45, 7) is 4.78. The number of hydrogen-bond donors (Lipinski definition) is 0. The van der Waals surface area contributed by atoms with Crippen molar-refractivity contribution in [1.82, 2.24) is 20.0 Å². The summed E-state index contributed by atoms with van der Waals surface area (Å²) in [7, 11) is 0. The van der Waals surface area contributed by atoms with Gasteiger partial charge in [0, 0.05) is 18.9 Å². The van der Waals surface area contributed by atoms with Crippen molar-refractivity contribution in [3.05, 3.63) is 41.9 Å². The van der Waals surface area contributed by atoms with Gasteiger partial charge in [0.2, 0.25) is 5.89 Å². The number of oxazole rings is 1. The summed E-state index contributed by atoms with van der Waals surface area (Å²) < 4.78 is 11.3. The number of aryl methyl sites for hydroxylation is 1. The Kier molecular flexibility index (Phi) is 4.30. The molecule has 0 spiro atoms. The second-order valence-electron chi connectivity index (χ2n) is 6.45. The lowest BCUT2D eigenvalue weighted by Crippen LogP contribution is -2.34. The number of nitrogens with zero attached hydrogens (tertiary/aromatic N) is 4. The topological polar surface area (TPSA) is 68.2 Å². The SMILES string of the molecule is CCCc1noc(CN2CCCC(c3nc4ccccc4o3)C2)n1. The van der Waals surface area contributed by atoms with Crippen molar-refractivity contribution in [3.8, 4) is 0 Å². The highest BCUT2D eigenvalue weighted by atomic mass is 16.5. The molecule has 126 valence electrons. The van der Waals surface area contributed by atoms with Crippen LogP contribution in [0.5, 0.6) is 0 Å². The summed E-state index contributed by atoms with van der Waals surface area (Å²) in [5.41, 5.74) is 1.80.